The molecule has 2 N–H and O–H groups in total. The maximum Gasteiger partial charge on any atom is 0.00448 e. The molecule has 0 aromatic heterocycles. The first-order valence-corrected chi connectivity index (χ1v) is 5.95. The van der Waals surface area contributed by atoms with Crippen molar-refractivity contribution in [3.8, 4) is 0 Å². The lowest BCUT2D eigenvalue weighted by Crippen LogP contribution is -2.17. The zero-order chi connectivity index (χ0) is 11.0. The minimum atomic E-state index is 0.347. The Morgan fingerprint density at radius 2 is 1.73 bits per heavy atom. The fourth-order valence-corrected chi connectivity index (χ4v) is 2.31. The van der Waals surface area contributed by atoms with Crippen LogP contribution in [0.25, 0.3) is 0 Å². The number of hydrogen-bond acceptors (Lipinski definition) is 1. The molecule has 0 heterocycles. The molecule has 15 heavy (non-hydrogen) atoms. The van der Waals surface area contributed by atoms with E-state index in [-0.39, 0.29) is 0 Å². The quantitative estimate of drug-likeness (QED) is 0.801. The van der Waals surface area contributed by atoms with Gasteiger partial charge in [-0.25, -0.2) is 0 Å². The first-order chi connectivity index (χ1) is 7.09. The minimum absolute atomic E-state index is 0.347. The molecule has 1 aliphatic carbocycles. The third-order valence-corrected chi connectivity index (χ3v) is 3.55. The smallest absolute Gasteiger partial charge is 0.00448 e. The van der Waals surface area contributed by atoms with Crippen LogP contribution in [0.5, 0.6) is 0 Å². The van der Waals surface area contributed by atoms with Gasteiger partial charge in [0.1, 0.15) is 0 Å². The monoisotopic (exact) mass is 203 g/mol. The van der Waals surface area contributed by atoms with Gasteiger partial charge < -0.3 is 5.73 Å². The lowest BCUT2D eigenvalue weighted by Gasteiger charge is -2.07. The van der Waals surface area contributed by atoms with E-state index in [1.54, 1.807) is 0 Å². The molecule has 0 bridgehead atoms. The van der Waals surface area contributed by atoms with E-state index in [0.717, 1.165) is 11.8 Å². The second kappa shape index (κ2) is 3.97. The molecular formula is C14H21N. The van der Waals surface area contributed by atoms with Crippen LogP contribution < -0.4 is 5.73 Å². The van der Waals surface area contributed by atoms with Gasteiger partial charge in [-0.2, -0.15) is 0 Å². The Kier molecular flexibility index (Phi) is 2.83. The molecule has 1 heteroatoms. The predicted octanol–water partition coefficient (Wildman–Crippen LogP) is 3.26. The fraction of sp³-hybridized carbons (Fsp3) is 0.571. The molecule has 82 valence electrons. The molecule has 1 aliphatic rings. The second-order valence-electron chi connectivity index (χ2n) is 5.19. The summed E-state index contributed by atoms with van der Waals surface area (Å²) in [4.78, 5) is 0. The van der Waals surface area contributed by atoms with E-state index in [9.17, 15) is 0 Å². The summed E-state index contributed by atoms with van der Waals surface area (Å²) in [7, 11) is 0. The zero-order valence-corrected chi connectivity index (χ0v) is 9.90. The molecule has 1 aromatic carbocycles. The van der Waals surface area contributed by atoms with Crippen molar-refractivity contribution in [2.24, 2.45) is 11.7 Å². The Morgan fingerprint density at radius 3 is 2.13 bits per heavy atom. The topological polar surface area (TPSA) is 26.0 Å². The van der Waals surface area contributed by atoms with Crippen LogP contribution in [0.2, 0.25) is 0 Å². The van der Waals surface area contributed by atoms with Gasteiger partial charge in [0.25, 0.3) is 0 Å². The van der Waals surface area contributed by atoms with Crippen LogP contribution in [-0.2, 0) is 0 Å². The molecule has 1 fully saturated rings. The lowest BCUT2D eigenvalue weighted by molar-refractivity contribution is 0.631. The Bertz CT molecular complexity index is 324. The normalized spacial score (nSPS) is 26.7. The highest BCUT2D eigenvalue weighted by molar-refractivity contribution is 5.31. The molecule has 0 spiro atoms. The lowest BCUT2D eigenvalue weighted by atomic mass is 9.99. The van der Waals surface area contributed by atoms with Gasteiger partial charge in [0.2, 0.25) is 0 Å². The van der Waals surface area contributed by atoms with Crippen molar-refractivity contribution in [1.29, 1.82) is 0 Å². The SMILES string of the molecule is CC(C)c1ccc([C@@H]2C[C@H]2[C@@H](C)N)cc1. The van der Waals surface area contributed by atoms with Crippen LogP contribution in [0.15, 0.2) is 24.3 Å². The van der Waals surface area contributed by atoms with Crippen LogP contribution in [-0.4, -0.2) is 6.04 Å². The summed E-state index contributed by atoms with van der Waals surface area (Å²) < 4.78 is 0. The van der Waals surface area contributed by atoms with Crippen molar-refractivity contribution in [3.05, 3.63) is 35.4 Å². The molecule has 1 aromatic rings. The highest BCUT2D eigenvalue weighted by Gasteiger charge is 2.40. The van der Waals surface area contributed by atoms with Gasteiger partial charge >= 0.3 is 0 Å². The van der Waals surface area contributed by atoms with Gasteiger partial charge in [0.15, 0.2) is 0 Å². The average molecular weight is 203 g/mol. The van der Waals surface area contributed by atoms with Gasteiger partial charge in [0.05, 0.1) is 0 Å². The third kappa shape index (κ3) is 2.23. The predicted molar refractivity (Wildman–Crippen MR) is 65.0 cm³/mol. The maximum absolute atomic E-state index is 5.90. The Balaban J connectivity index is 2.06. The van der Waals surface area contributed by atoms with Crippen molar-refractivity contribution in [1.82, 2.24) is 0 Å². The van der Waals surface area contributed by atoms with Crippen molar-refractivity contribution in [2.75, 3.05) is 0 Å². The van der Waals surface area contributed by atoms with Crippen LogP contribution in [0, 0.1) is 5.92 Å². The van der Waals surface area contributed by atoms with Gasteiger partial charge in [-0.1, -0.05) is 38.1 Å². The van der Waals surface area contributed by atoms with Crippen LogP contribution >= 0.6 is 0 Å². The summed E-state index contributed by atoms with van der Waals surface area (Å²) in [6, 6.07) is 9.43. The molecule has 0 amide bonds. The fourth-order valence-electron chi connectivity index (χ4n) is 2.31. The van der Waals surface area contributed by atoms with Gasteiger partial charge in [-0.3, -0.25) is 0 Å². The van der Waals surface area contributed by atoms with Gasteiger partial charge in [-0.15, -0.1) is 0 Å². The molecular weight excluding hydrogens is 182 g/mol. The van der Waals surface area contributed by atoms with E-state index in [4.69, 9.17) is 5.73 Å². The van der Waals surface area contributed by atoms with E-state index >= 15 is 0 Å². The molecule has 3 atom stereocenters. The maximum atomic E-state index is 5.90. The van der Waals surface area contributed by atoms with Crippen molar-refractivity contribution >= 4 is 0 Å². The van der Waals surface area contributed by atoms with Crippen molar-refractivity contribution < 1.29 is 0 Å². The highest BCUT2D eigenvalue weighted by Crippen LogP contribution is 2.48. The molecule has 0 saturated heterocycles. The average Bonchev–Trinajstić information content (AvgIpc) is 2.97. The number of benzene rings is 1. The summed E-state index contributed by atoms with van der Waals surface area (Å²) in [5, 5.41) is 0. The number of rotatable bonds is 3. The van der Waals surface area contributed by atoms with E-state index in [2.05, 4.69) is 45.0 Å². The van der Waals surface area contributed by atoms with E-state index < -0.39 is 0 Å². The van der Waals surface area contributed by atoms with E-state index in [0.29, 0.717) is 12.0 Å². The first kappa shape index (κ1) is 10.7. The molecule has 2 rings (SSSR count). The summed E-state index contributed by atoms with van der Waals surface area (Å²) in [5.74, 6) is 2.07. The summed E-state index contributed by atoms with van der Waals surface area (Å²) in [6.07, 6.45) is 1.28. The second-order valence-corrected chi connectivity index (χ2v) is 5.19. The van der Waals surface area contributed by atoms with Gasteiger partial charge in [-0.05, 0) is 42.2 Å². The molecule has 1 saturated carbocycles. The third-order valence-electron chi connectivity index (χ3n) is 3.55. The largest absolute Gasteiger partial charge is 0.328 e. The van der Waals surface area contributed by atoms with Crippen LogP contribution in [0.1, 0.15) is 50.2 Å². The molecule has 1 nitrogen and oxygen atoms in total. The van der Waals surface area contributed by atoms with E-state index in [1.165, 1.54) is 17.5 Å². The molecule has 0 aliphatic heterocycles. The highest BCUT2D eigenvalue weighted by atomic mass is 14.7. The summed E-state index contributed by atoms with van der Waals surface area (Å²) in [5.41, 5.74) is 8.80. The van der Waals surface area contributed by atoms with Crippen molar-refractivity contribution in [2.45, 2.75) is 45.1 Å². The van der Waals surface area contributed by atoms with E-state index in [1.807, 2.05) is 0 Å². The Hall–Kier alpha value is -0.820. The van der Waals surface area contributed by atoms with Crippen LogP contribution in [0.3, 0.4) is 0 Å². The Labute approximate surface area is 92.7 Å². The standard InChI is InChI=1S/C14H21N/c1-9(2)11-4-6-12(7-5-11)14-8-13(14)10(3)15/h4-7,9-10,13-14H,8,15H2,1-3H3/t10-,13+,14+/m1/s1. The van der Waals surface area contributed by atoms with Crippen molar-refractivity contribution in [3.63, 3.8) is 0 Å². The zero-order valence-electron chi connectivity index (χ0n) is 9.90. The summed E-state index contributed by atoms with van der Waals surface area (Å²) >= 11 is 0. The summed E-state index contributed by atoms with van der Waals surface area (Å²) in [6.45, 7) is 6.58. The molecule has 0 unspecified atom stereocenters. The Morgan fingerprint density at radius 1 is 1.13 bits per heavy atom. The number of nitrogens with two attached hydrogens (primary N) is 1. The number of hydrogen-bond donors (Lipinski definition) is 1. The molecule has 0 radical (unpaired) electrons. The van der Waals surface area contributed by atoms with Gasteiger partial charge in [0, 0.05) is 6.04 Å². The minimum Gasteiger partial charge on any atom is -0.328 e. The van der Waals surface area contributed by atoms with Crippen LogP contribution in [0.4, 0.5) is 0 Å². The first-order valence-electron chi connectivity index (χ1n) is 5.95.